The summed E-state index contributed by atoms with van der Waals surface area (Å²) in [6, 6.07) is 5.90. The maximum atomic E-state index is 8.75. The van der Waals surface area contributed by atoms with Gasteiger partial charge in [-0.2, -0.15) is 5.26 Å². The van der Waals surface area contributed by atoms with Gasteiger partial charge >= 0.3 is 0 Å². The van der Waals surface area contributed by atoms with Gasteiger partial charge in [0.2, 0.25) is 0 Å². The van der Waals surface area contributed by atoms with E-state index in [4.69, 9.17) is 5.26 Å². The largest absolute Gasteiger partial charge is 0.354 e. The van der Waals surface area contributed by atoms with E-state index in [0.717, 1.165) is 37.9 Å². The lowest BCUT2D eigenvalue weighted by Crippen LogP contribution is -2.47. The molecule has 1 aromatic rings. The summed E-state index contributed by atoms with van der Waals surface area (Å²) in [4.78, 5) is 9.23. The molecule has 1 saturated heterocycles. The van der Waals surface area contributed by atoms with Gasteiger partial charge in [0.15, 0.2) is 0 Å². The second-order valence-electron chi connectivity index (χ2n) is 5.25. The molecule has 1 aliphatic heterocycles. The van der Waals surface area contributed by atoms with Crippen molar-refractivity contribution in [2.24, 2.45) is 5.92 Å². The third-order valence-electron chi connectivity index (χ3n) is 3.79. The molecule has 0 amide bonds. The average molecular weight is 242 g/mol. The molecule has 1 aliphatic carbocycles. The SMILES string of the molecule is N#Cc1ccc(N2CCN(CC3CC3)CC2)nc1. The summed E-state index contributed by atoms with van der Waals surface area (Å²) in [5, 5.41) is 8.75. The number of hydrogen-bond acceptors (Lipinski definition) is 4. The molecule has 3 rings (SSSR count). The molecule has 0 atom stereocenters. The second-order valence-corrected chi connectivity index (χ2v) is 5.25. The quantitative estimate of drug-likeness (QED) is 0.805. The lowest BCUT2D eigenvalue weighted by atomic mass is 10.2. The Morgan fingerprint density at radius 3 is 2.56 bits per heavy atom. The molecule has 94 valence electrons. The minimum Gasteiger partial charge on any atom is -0.354 e. The van der Waals surface area contributed by atoms with Crippen LogP contribution in [0.25, 0.3) is 0 Å². The van der Waals surface area contributed by atoms with E-state index >= 15 is 0 Å². The highest BCUT2D eigenvalue weighted by Gasteiger charge is 2.26. The Labute approximate surface area is 108 Å². The van der Waals surface area contributed by atoms with Crippen molar-refractivity contribution in [2.45, 2.75) is 12.8 Å². The fourth-order valence-corrected chi connectivity index (χ4v) is 2.46. The molecule has 0 aromatic carbocycles. The van der Waals surface area contributed by atoms with Crippen LogP contribution < -0.4 is 4.90 Å². The second kappa shape index (κ2) is 4.95. The van der Waals surface area contributed by atoms with Gasteiger partial charge in [0.25, 0.3) is 0 Å². The van der Waals surface area contributed by atoms with Gasteiger partial charge in [0.05, 0.1) is 5.56 Å². The van der Waals surface area contributed by atoms with E-state index < -0.39 is 0 Å². The van der Waals surface area contributed by atoms with E-state index in [1.165, 1.54) is 19.4 Å². The Bertz CT molecular complexity index is 436. The van der Waals surface area contributed by atoms with Gasteiger partial charge in [0.1, 0.15) is 11.9 Å². The number of nitrogens with zero attached hydrogens (tertiary/aromatic N) is 4. The topological polar surface area (TPSA) is 43.2 Å². The van der Waals surface area contributed by atoms with Crippen LogP contribution in [0.3, 0.4) is 0 Å². The van der Waals surface area contributed by atoms with Crippen LogP contribution in [0.1, 0.15) is 18.4 Å². The van der Waals surface area contributed by atoms with Crippen LogP contribution in [0, 0.1) is 17.2 Å². The van der Waals surface area contributed by atoms with Gasteiger partial charge in [-0.05, 0) is 30.9 Å². The molecule has 0 bridgehead atoms. The minimum absolute atomic E-state index is 0.631. The van der Waals surface area contributed by atoms with Crippen LogP contribution >= 0.6 is 0 Å². The molecule has 0 unspecified atom stereocenters. The molecule has 2 fully saturated rings. The van der Waals surface area contributed by atoms with Crippen LogP contribution in [0.4, 0.5) is 5.82 Å². The van der Waals surface area contributed by atoms with Crippen molar-refractivity contribution in [2.75, 3.05) is 37.6 Å². The van der Waals surface area contributed by atoms with Crippen LogP contribution in [0.5, 0.6) is 0 Å². The summed E-state index contributed by atoms with van der Waals surface area (Å²) in [7, 11) is 0. The zero-order valence-corrected chi connectivity index (χ0v) is 10.5. The van der Waals surface area contributed by atoms with E-state index in [-0.39, 0.29) is 0 Å². The fraction of sp³-hybridized carbons (Fsp3) is 0.571. The smallest absolute Gasteiger partial charge is 0.128 e. The van der Waals surface area contributed by atoms with E-state index in [1.807, 2.05) is 12.1 Å². The van der Waals surface area contributed by atoms with Gasteiger partial charge in [-0.25, -0.2) is 4.98 Å². The Morgan fingerprint density at radius 1 is 1.22 bits per heavy atom. The molecule has 18 heavy (non-hydrogen) atoms. The first-order chi connectivity index (χ1) is 8.85. The molecule has 0 spiro atoms. The van der Waals surface area contributed by atoms with Gasteiger partial charge < -0.3 is 4.90 Å². The summed E-state index contributed by atoms with van der Waals surface area (Å²) in [5.41, 5.74) is 0.631. The number of pyridine rings is 1. The lowest BCUT2D eigenvalue weighted by molar-refractivity contribution is 0.247. The zero-order chi connectivity index (χ0) is 12.4. The minimum atomic E-state index is 0.631. The van der Waals surface area contributed by atoms with E-state index in [2.05, 4.69) is 20.9 Å². The first-order valence-corrected chi connectivity index (χ1v) is 6.68. The maximum Gasteiger partial charge on any atom is 0.128 e. The molecule has 0 N–H and O–H groups in total. The van der Waals surface area contributed by atoms with Crippen molar-refractivity contribution in [3.8, 4) is 6.07 Å². The summed E-state index contributed by atoms with van der Waals surface area (Å²) >= 11 is 0. The number of rotatable bonds is 3. The monoisotopic (exact) mass is 242 g/mol. The van der Waals surface area contributed by atoms with Crippen molar-refractivity contribution in [3.05, 3.63) is 23.9 Å². The summed E-state index contributed by atoms with van der Waals surface area (Å²) in [6.07, 6.45) is 4.51. The predicted molar refractivity (Wildman–Crippen MR) is 70.3 cm³/mol. The Hall–Kier alpha value is -1.60. The molecule has 1 aromatic heterocycles. The summed E-state index contributed by atoms with van der Waals surface area (Å²) in [5.74, 6) is 1.98. The van der Waals surface area contributed by atoms with E-state index in [1.54, 1.807) is 6.20 Å². The number of anilines is 1. The zero-order valence-electron chi connectivity index (χ0n) is 10.5. The highest BCUT2D eigenvalue weighted by Crippen LogP contribution is 2.30. The summed E-state index contributed by atoms with van der Waals surface area (Å²) < 4.78 is 0. The van der Waals surface area contributed by atoms with Crippen molar-refractivity contribution in [1.82, 2.24) is 9.88 Å². The van der Waals surface area contributed by atoms with Crippen LogP contribution in [-0.4, -0.2) is 42.6 Å². The number of aromatic nitrogens is 1. The first kappa shape index (κ1) is 11.5. The highest BCUT2D eigenvalue weighted by atomic mass is 15.3. The van der Waals surface area contributed by atoms with Crippen molar-refractivity contribution >= 4 is 5.82 Å². The Balaban J connectivity index is 1.56. The van der Waals surface area contributed by atoms with E-state index in [9.17, 15) is 0 Å². The van der Waals surface area contributed by atoms with Crippen LogP contribution in [0.15, 0.2) is 18.3 Å². The molecule has 0 radical (unpaired) electrons. The standard InChI is InChI=1S/C14H18N4/c15-9-13-3-4-14(16-10-13)18-7-5-17(6-8-18)11-12-1-2-12/h3-4,10,12H,1-2,5-8,11H2. The fourth-order valence-electron chi connectivity index (χ4n) is 2.46. The first-order valence-electron chi connectivity index (χ1n) is 6.68. The van der Waals surface area contributed by atoms with E-state index in [0.29, 0.717) is 5.56 Å². The van der Waals surface area contributed by atoms with Crippen LogP contribution in [0.2, 0.25) is 0 Å². The highest BCUT2D eigenvalue weighted by molar-refractivity contribution is 5.42. The molecular weight excluding hydrogens is 224 g/mol. The maximum absolute atomic E-state index is 8.75. The molecule has 4 nitrogen and oxygen atoms in total. The molecule has 4 heteroatoms. The van der Waals surface area contributed by atoms with Gasteiger partial charge in [0, 0.05) is 38.9 Å². The van der Waals surface area contributed by atoms with Gasteiger partial charge in [-0.1, -0.05) is 0 Å². The van der Waals surface area contributed by atoms with Crippen LogP contribution in [-0.2, 0) is 0 Å². The normalized spacial score (nSPS) is 20.7. The average Bonchev–Trinajstić information content (AvgIpc) is 3.24. The molecule has 1 saturated carbocycles. The number of piperazine rings is 1. The molecular formula is C14H18N4. The van der Waals surface area contributed by atoms with Gasteiger partial charge in [-0.3, -0.25) is 4.90 Å². The number of hydrogen-bond donors (Lipinski definition) is 0. The Morgan fingerprint density at radius 2 is 2.00 bits per heavy atom. The van der Waals surface area contributed by atoms with Gasteiger partial charge in [-0.15, -0.1) is 0 Å². The third kappa shape index (κ3) is 2.62. The van der Waals surface area contributed by atoms with Crippen molar-refractivity contribution in [3.63, 3.8) is 0 Å². The molecule has 2 heterocycles. The van der Waals surface area contributed by atoms with Crippen molar-refractivity contribution in [1.29, 1.82) is 5.26 Å². The summed E-state index contributed by atoms with van der Waals surface area (Å²) in [6.45, 7) is 5.66. The number of nitriles is 1. The molecule has 2 aliphatic rings. The lowest BCUT2D eigenvalue weighted by Gasteiger charge is -2.35. The van der Waals surface area contributed by atoms with Crippen molar-refractivity contribution < 1.29 is 0 Å². The third-order valence-corrected chi connectivity index (χ3v) is 3.79. The predicted octanol–water partition coefficient (Wildman–Crippen LogP) is 1.49. The Kier molecular flexibility index (Phi) is 3.16.